The van der Waals surface area contributed by atoms with E-state index in [0.717, 1.165) is 34.5 Å². The van der Waals surface area contributed by atoms with Gasteiger partial charge in [-0.25, -0.2) is 0 Å². The maximum atomic E-state index is 12.1. The van der Waals surface area contributed by atoms with Crippen LogP contribution in [0.3, 0.4) is 0 Å². The molecule has 0 aliphatic carbocycles. The van der Waals surface area contributed by atoms with E-state index in [-0.39, 0.29) is 5.91 Å². The molecule has 1 heterocycles. The lowest BCUT2D eigenvalue weighted by molar-refractivity contribution is 0.102. The summed E-state index contributed by atoms with van der Waals surface area (Å²) in [6.45, 7) is 0.721. The minimum Gasteiger partial charge on any atom is -0.493 e. The largest absolute Gasteiger partial charge is 0.493 e. The van der Waals surface area contributed by atoms with E-state index >= 15 is 0 Å². The lowest BCUT2D eigenvalue weighted by atomic mass is 10.1. The number of hydrogen-bond donors (Lipinski definition) is 1. The zero-order chi connectivity index (χ0) is 13.2. The van der Waals surface area contributed by atoms with Gasteiger partial charge in [-0.15, -0.1) is 0 Å². The number of carbonyl (C=O) groups is 1. The molecule has 0 bridgehead atoms. The fourth-order valence-electron chi connectivity index (χ4n) is 2.10. The molecule has 0 saturated carbocycles. The van der Waals surface area contributed by atoms with Crippen LogP contribution in [-0.4, -0.2) is 12.5 Å². The lowest BCUT2D eigenvalue weighted by Gasteiger charge is -2.07. The summed E-state index contributed by atoms with van der Waals surface area (Å²) in [5.41, 5.74) is 2.58. The number of hydrogen-bond acceptors (Lipinski definition) is 2. The van der Waals surface area contributed by atoms with Crippen LogP contribution in [0.2, 0.25) is 0 Å². The predicted molar refractivity (Wildman–Crippen MR) is 77.7 cm³/mol. The molecule has 19 heavy (non-hydrogen) atoms. The maximum absolute atomic E-state index is 12.1. The second-order valence-corrected chi connectivity index (χ2v) is 5.30. The van der Waals surface area contributed by atoms with Crippen molar-refractivity contribution in [1.82, 2.24) is 0 Å². The number of fused-ring (bicyclic) bond motifs is 1. The summed E-state index contributed by atoms with van der Waals surface area (Å²) in [5.74, 6) is 0.806. The highest BCUT2D eigenvalue weighted by Gasteiger charge is 2.13. The molecule has 0 saturated heterocycles. The van der Waals surface area contributed by atoms with Crippen molar-refractivity contribution in [1.29, 1.82) is 0 Å². The summed E-state index contributed by atoms with van der Waals surface area (Å²) in [6.07, 6.45) is 0.899. The van der Waals surface area contributed by atoms with Crippen LogP contribution in [-0.2, 0) is 6.42 Å². The van der Waals surface area contributed by atoms with Crippen LogP contribution in [0, 0.1) is 0 Å². The Labute approximate surface area is 119 Å². The molecule has 0 radical (unpaired) electrons. The standard InChI is InChI=1S/C15H12BrNO2/c16-12-3-1-2-11(8-12)15(18)17-13-4-5-14-10(9-13)6-7-19-14/h1-5,8-9H,6-7H2,(H,17,18). The molecule has 1 N–H and O–H groups in total. The van der Waals surface area contributed by atoms with Gasteiger partial charge in [0.2, 0.25) is 0 Å². The number of nitrogens with one attached hydrogen (secondary N) is 1. The van der Waals surface area contributed by atoms with Gasteiger partial charge in [-0.2, -0.15) is 0 Å². The molecule has 0 spiro atoms. The summed E-state index contributed by atoms with van der Waals surface area (Å²) >= 11 is 3.36. The van der Waals surface area contributed by atoms with Crippen molar-refractivity contribution in [3.05, 3.63) is 58.1 Å². The van der Waals surface area contributed by atoms with Crippen molar-refractivity contribution >= 4 is 27.5 Å². The van der Waals surface area contributed by atoms with E-state index in [9.17, 15) is 4.79 Å². The summed E-state index contributed by atoms with van der Waals surface area (Å²) in [6, 6.07) is 13.1. The van der Waals surface area contributed by atoms with E-state index in [0.29, 0.717) is 5.56 Å². The highest BCUT2D eigenvalue weighted by Crippen LogP contribution is 2.28. The third kappa shape index (κ3) is 2.63. The fourth-order valence-corrected chi connectivity index (χ4v) is 2.50. The number of halogens is 1. The zero-order valence-electron chi connectivity index (χ0n) is 10.2. The summed E-state index contributed by atoms with van der Waals surface area (Å²) in [7, 11) is 0. The normalized spacial score (nSPS) is 12.7. The molecule has 2 aromatic rings. The molecular formula is C15H12BrNO2. The summed E-state index contributed by atoms with van der Waals surface area (Å²) < 4.78 is 6.33. The quantitative estimate of drug-likeness (QED) is 0.918. The smallest absolute Gasteiger partial charge is 0.255 e. The lowest BCUT2D eigenvalue weighted by Crippen LogP contribution is -2.11. The first kappa shape index (κ1) is 12.2. The number of ether oxygens (including phenoxy) is 1. The zero-order valence-corrected chi connectivity index (χ0v) is 11.7. The number of rotatable bonds is 2. The minimum atomic E-state index is -0.111. The highest BCUT2D eigenvalue weighted by molar-refractivity contribution is 9.10. The van der Waals surface area contributed by atoms with Crippen LogP contribution in [0.1, 0.15) is 15.9 Å². The Morgan fingerprint density at radius 3 is 2.95 bits per heavy atom. The van der Waals surface area contributed by atoms with Crippen molar-refractivity contribution in [2.24, 2.45) is 0 Å². The molecule has 0 atom stereocenters. The highest BCUT2D eigenvalue weighted by atomic mass is 79.9. The van der Waals surface area contributed by atoms with Crippen molar-refractivity contribution in [3.63, 3.8) is 0 Å². The Balaban J connectivity index is 1.80. The molecule has 1 aliphatic heterocycles. The Morgan fingerprint density at radius 2 is 2.11 bits per heavy atom. The molecule has 1 aliphatic rings. The van der Waals surface area contributed by atoms with E-state index in [1.807, 2.05) is 30.3 Å². The van der Waals surface area contributed by atoms with E-state index in [4.69, 9.17) is 4.74 Å². The molecule has 3 rings (SSSR count). The van der Waals surface area contributed by atoms with Gasteiger partial charge in [-0.3, -0.25) is 4.79 Å². The third-order valence-electron chi connectivity index (χ3n) is 3.03. The first-order valence-electron chi connectivity index (χ1n) is 6.05. The molecule has 3 nitrogen and oxygen atoms in total. The topological polar surface area (TPSA) is 38.3 Å². The number of anilines is 1. The van der Waals surface area contributed by atoms with E-state index in [1.165, 1.54) is 0 Å². The third-order valence-corrected chi connectivity index (χ3v) is 3.53. The van der Waals surface area contributed by atoms with Gasteiger partial charge in [-0.05, 0) is 42.0 Å². The van der Waals surface area contributed by atoms with Crippen LogP contribution < -0.4 is 10.1 Å². The van der Waals surface area contributed by atoms with Crippen LogP contribution in [0.4, 0.5) is 5.69 Å². The number of amides is 1. The van der Waals surface area contributed by atoms with Gasteiger partial charge in [0.05, 0.1) is 6.61 Å². The summed E-state index contributed by atoms with van der Waals surface area (Å²) in [5, 5.41) is 2.90. The first-order valence-corrected chi connectivity index (χ1v) is 6.84. The molecule has 96 valence electrons. The second-order valence-electron chi connectivity index (χ2n) is 4.39. The summed E-state index contributed by atoms with van der Waals surface area (Å²) in [4.78, 5) is 12.1. The van der Waals surface area contributed by atoms with Gasteiger partial charge in [0.25, 0.3) is 5.91 Å². The van der Waals surface area contributed by atoms with E-state index in [2.05, 4.69) is 21.2 Å². The SMILES string of the molecule is O=C(Nc1ccc2c(c1)CCO2)c1cccc(Br)c1. The average molecular weight is 318 g/mol. The molecule has 0 fully saturated rings. The van der Waals surface area contributed by atoms with Crippen molar-refractivity contribution in [3.8, 4) is 5.75 Å². The monoisotopic (exact) mass is 317 g/mol. The number of carbonyl (C=O) groups excluding carboxylic acids is 1. The Morgan fingerprint density at radius 1 is 1.21 bits per heavy atom. The first-order chi connectivity index (χ1) is 9.22. The molecule has 0 aromatic heterocycles. The average Bonchev–Trinajstić information content (AvgIpc) is 2.86. The van der Waals surface area contributed by atoms with Crippen LogP contribution in [0.5, 0.6) is 5.75 Å². The van der Waals surface area contributed by atoms with Crippen LogP contribution in [0.25, 0.3) is 0 Å². The van der Waals surface area contributed by atoms with Crippen molar-refractivity contribution in [2.75, 3.05) is 11.9 Å². The Kier molecular flexibility index (Phi) is 3.25. The molecule has 4 heteroatoms. The molecule has 1 amide bonds. The molecular weight excluding hydrogens is 306 g/mol. The predicted octanol–water partition coefficient (Wildman–Crippen LogP) is 3.64. The maximum Gasteiger partial charge on any atom is 0.255 e. The molecule has 0 unspecified atom stereocenters. The Bertz CT molecular complexity index is 640. The fraction of sp³-hybridized carbons (Fsp3) is 0.133. The van der Waals surface area contributed by atoms with Gasteiger partial charge in [0.1, 0.15) is 5.75 Å². The number of benzene rings is 2. The Hall–Kier alpha value is -1.81. The van der Waals surface area contributed by atoms with E-state index in [1.54, 1.807) is 12.1 Å². The van der Waals surface area contributed by atoms with Crippen LogP contribution in [0.15, 0.2) is 46.9 Å². The van der Waals surface area contributed by atoms with Crippen LogP contribution >= 0.6 is 15.9 Å². The van der Waals surface area contributed by atoms with Gasteiger partial charge in [0.15, 0.2) is 0 Å². The minimum absolute atomic E-state index is 0.111. The van der Waals surface area contributed by atoms with Gasteiger partial charge < -0.3 is 10.1 Å². The molecule has 2 aromatic carbocycles. The van der Waals surface area contributed by atoms with Gasteiger partial charge in [0, 0.05) is 22.1 Å². The van der Waals surface area contributed by atoms with Gasteiger partial charge in [-0.1, -0.05) is 22.0 Å². The second kappa shape index (κ2) is 5.05. The van der Waals surface area contributed by atoms with Crippen molar-refractivity contribution in [2.45, 2.75) is 6.42 Å². The van der Waals surface area contributed by atoms with Gasteiger partial charge >= 0.3 is 0 Å². The van der Waals surface area contributed by atoms with Crippen molar-refractivity contribution < 1.29 is 9.53 Å². The van der Waals surface area contributed by atoms with E-state index < -0.39 is 0 Å².